The highest BCUT2D eigenvalue weighted by molar-refractivity contribution is 7.88. The van der Waals surface area contributed by atoms with Crippen molar-refractivity contribution in [2.24, 2.45) is 0 Å². The summed E-state index contributed by atoms with van der Waals surface area (Å²) >= 11 is 0. The van der Waals surface area contributed by atoms with Crippen molar-refractivity contribution in [2.75, 3.05) is 25.2 Å². The molecule has 0 aromatic heterocycles. The van der Waals surface area contributed by atoms with Crippen molar-refractivity contribution in [1.29, 1.82) is 0 Å². The molecule has 0 radical (unpaired) electrons. The molecule has 118 valence electrons. The number of sulfonamides is 1. The predicted molar refractivity (Wildman–Crippen MR) is 85.1 cm³/mol. The van der Waals surface area contributed by atoms with Gasteiger partial charge < -0.3 is 10.6 Å². The van der Waals surface area contributed by atoms with E-state index in [9.17, 15) is 13.2 Å². The lowest BCUT2D eigenvalue weighted by Crippen LogP contribution is -2.51. The van der Waals surface area contributed by atoms with Crippen molar-refractivity contribution < 1.29 is 13.2 Å². The molecule has 7 heteroatoms. The Hall–Kier alpha value is -1.60. The molecule has 0 atom stereocenters. The number of aryl methyl sites for hydroxylation is 1. The van der Waals surface area contributed by atoms with E-state index < -0.39 is 15.6 Å². The van der Waals surface area contributed by atoms with Gasteiger partial charge in [-0.2, -0.15) is 0 Å². The SMILES string of the molecule is CNc1ccc(C(=O)NCC(C)(C)NS(C)(=O)=O)cc1C. The van der Waals surface area contributed by atoms with Crippen LogP contribution >= 0.6 is 0 Å². The van der Waals surface area contributed by atoms with Crippen LogP contribution in [0.15, 0.2) is 18.2 Å². The third-order valence-electron chi connectivity index (χ3n) is 2.91. The number of nitrogens with one attached hydrogen (secondary N) is 3. The van der Waals surface area contributed by atoms with Gasteiger partial charge in [0.15, 0.2) is 0 Å². The van der Waals surface area contributed by atoms with E-state index in [0.29, 0.717) is 5.56 Å². The Kier molecular flexibility index (Phi) is 5.36. The van der Waals surface area contributed by atoms with Gasteiger partial charge in [-0.15, -0.1) is 0 Å². The lowest BCUT2D eigenvalue weighted by Gasteiger charge is -2.25. The Bertz CT molecular complexity index is 624. The second-order valence-corrected chi connectivity index (χ2v) is 7.47. The smallest absolute Gasteiger partial charge is 0.251 e. The van der Waals surface area contributed by atoms with Crippen LogP contribution in [-0.4, -0.2) is 39.7 Å². The topological polar surface area (TPSA) is 87.3 Å². The van der Waals surface area contributed by atoms with Crippen LogP contribution in [0.4, 0.5) is 5.69 Å². The summed E-state index contributed by atoms with van der Waals surface area (Å²) in [4.78, 5) is 12.1. The Morgan fingerprint density at radius 2 is 1.90 bits per heavy atom. The number of benzene rings is 1. The number of anilines is 1. The summed E-state index contributed by atoms with van der Waals surface area (Å²) in [6.07, 6.45) is 1.09. The summed E-state index contributed by atoms with van der Waals surface area (Å²) < 4.78 is 25.0. The number of rotatable bonds is 6. The summed E-state index contributed by atoms with van der Waals surface area (Å²) in [5, 5.41) is 5.78. The minimum Gasteiger partial charge on any atom is -0.388 e. The summed E-state index contributed by atoms with van der Waals surface area (Å²) in [5.74, 6) is -0.232. The molecule has 0 saturated heterocycles. The van der Waals surface area contributed by atoms with Crippen LogP contribution in [0.1, 0.15) is 29.8 Å². The first-order valence-corrected chi connectivity index (χ1v) is 8.49. The molecule has 21 heavy (non-hydrogen) atoms. The number of hydrogen-bond donors (Lipinski definition) is 3. The van der Waals surface area contributed by atoms with Crippen LogP contribution in [0.3, 0.4) is 0 Å². The van der Waals surface area contributed by atoms with Gasteiger partial charge >= 0.3 is 0 Å². The number of hydrogen-bond acceptors (Lipinski definition) is 4. The average molecular weight is 313 g/mol. The van der Waals surface area contributed by atoms with E-state index in [0.717, 1.165) is 17.5 Å². The molecule has 0 fully saturated rings. The third-order valence-corrected chi connectivity index (χ3v) is 3.83. The fraction of sp³-hybridized carbons (Fsp3) is 0.500. The van der Waals surface area contributed by atoms with Gasteiger partial charge in [0.25, 0.3) is 5.91 Å². The first-order valence-electron chi connectivity index (χ1n) is 6.59. The third kappa shape index (κ3) is 5.73. The predicted octanol–water partition coefficient (Wildman–Crippen LogP) is 1.09. The quantitative estimate of drug-likeness (QED) is 0.734. The summed E-state index contributed by atoms with van der Waals surface area (Å²) in [6.45, 7) is 5.54. The van der Waals surface area contributed by atoms with Crippen molar-refractivity contribution in [3.05, 3.63) is 29.3 Å². The van der Waals surface area contributed by atoms with E-state index in [-0.39, 0.29) is 12.5 Å². The number of amides is 1. The molecule has 6 nitrogen and oxygen atoms in total. The summed E-state index contributed by atoms with van der Waals surface area (Å²) in [7, 11) is -1.50. The second kappa shape index (κ2) is 6.44. The molecule has 3 N–H and O–H groups in total. The van der Waals surface area contributed by atoms with Gasteiger partial charge in [-0.3, -0.25) is 4.79 Å². The van der Waals surface area contributed by atoms with Crippen molar-refractivity contribution in [3.8, 4) is 0 Å². The molecule has 0 bridgehead atoms. The fourth-order valence-corrected chi connectivity index (χ4v) is 3.10. The van der Waals surface area contributed by atoms with Crippen molar-refractivity contribution in [3.63, 3.8) is 0 Å². The molecule has 0 aliphatic heterocycles. The molecule has 0 saturated carbocycles. The molecule has 1 aromatic rings. The van der Waals surface area contributed by atoms with E-state index in [4.69, 9.17) is 0 Å². The van der Waals surface area contributed by atoms with Crippen molar-refractivity contribution in [1.82, 2.24) is 10.0 Å². The molecule has 1 amide bonds. The van der Waals surface area contributed by atoms with E-state index in [1.54, 1.807) is 26.0 Å². The highest BCUT2D eigenvalue weighted by atomic mass is 32.2. The van der Waals surface area contributed by atoms with E-state index in [2.05, 4.69) is 15.4 Å². The minimum atomic E-state index is -3.32. The average Bonchev–Trinajstić information content (AvgIpc) is 2.33. The Morgan fingerprint density at radius 1 is 1.29 bits per heavy atom. The Morgan fingerprint density at radius 3 is 2.38 bits per heavy atom. The number of carbonyl (C=O) groups is 1. The molecule has 0 aliphatic rings. The van der Waals surface area contributed by atoms with Crippen LogP contribution in [0, 0.1) is 6.92 Å². The molecule has 0 unspecified atom stereocenters. The minimum absolute atomic E-state index is 0.200. The fourth-order valence-electron chi connectivity index (χ4n) is 2.03. The maximum Gasteiger partial charge on any atom is 0.251 e. The van der Waals surface area contributed by atoms with Crippen molar-refractivity contribution in [2.45, 2.75) is 26.3 Å². The standard InChI is InChI=1S/C14H23N3O3S/c1-10-8-11(6-7-12(10)15-4)13(18)16-9-14(2,3)17-21(5,19)20/h6-8,15,17H,9H2,1-5H3,(H,16,18). The maximum absolute atomic E-state index is 12.1. The zero-order chi connectivity index (χ0) is 16.3. The molecular formula is C14H23N3O3S. The molecule has 0 aliphatic carbocycles. The molecule has 1 aromatic carbocycles. The van der Waals surface area contributed by atoms with Crippen LogP contribution in [-0.2, 0) is 10.0 Å². The lowest BCUT2D eigenvalue weighted by atomic mass is 10.1. The van der Waals surface area contributed by atoms with Gasteiger partial charge in [0.2, 0.25) is 10.0 Å². The highest BCUT2D eigenvalue weighted by Crippen LogP contribution is 2.15. The lowest BCUT2D eigenvalue weighted by molar-refractivity contribution is 0.0944. The van der Waals surface area contributed by atoms with Crippen LogP contribution in [0.5, 0.6) is 0 Å². The van der Waals surface area contributed by atoms with Crippen LogP contribution < -0.4 is 15.4 Å². The van der Waals surface area contributed by atoms with E-state index in [1.165, 1.54) is 0 Å². The normalized spacial score (nSPS) is 12.0. The largest absolute Gasteiger partial charge is 0.388 e. The van der Waals surface area contributed by atoms with Gasteiger partial charge in [-0.1, -0.05) is 0 Å². The Labute approximate surface area is 126 Å². The molecule has 0 spiro atoms. The number of carbonyl (C=O) groups excluding carboxylic acids is 1. The van der Waals surface area contributed by atoms with Gasteiger partial charge in [-0.05, 0) is 44.5 Å². The molecule has 0 heterocycles. The first-order chi connectivity index (χ1) is 9.54. The summed E-state index contributed by atoms with van der Waals surface area (Å²) in [6, 6.07) is 5.35. The zero-order valence-corrected chi connectivity index (χ0v) is 13.9. The van der Waals surface area contributed by atoms with Crippen LogP contribution in [0.2, 0.25) is 0 Å². The highest BCUT2D eigenvalue weighted by Gasteiger charge is 2.23. The molecular weight excluding hydrogens is 290 g/mol. The second-order valence-electron chi connectivity index (χ2n) is 5.72. The van der Waals surface area contributed by atoms with Gasteiger partial charge in [0.1, 0.15) is 0 Å². The van der Waals surface area contributed by atoms with Crippen molar-refractivity contribution >= 4 is 21.6 Å². The molecule has 1 rings (SSSR count). The monoisotopic (exact) mass is 313 g/mol. The van der Waals surface area contributed by atoms with Gasteiger partial charge in [0, 0.05) is 30.4 Å². The maximum atomic E-state index is 12.1. The Balaban J connectivity index is 2.72. The first kappa shape index (κ1) is 17.5. The van der Waals surface area contributed by atoms with Gasteiger partial charge in [-0.25, -0.2) is 13.1 Å². The summed E-state index contributed by atoms with van der Waals surface area (Å²) in [5.41, 5.74) is 1.73. The van der Waals surface area contributed by atoms with E-state index in [1.807, 2.05) is 20.0 Å². The van der Waals surface area contributed by atoms with Crippen LogP contribution in [0.25, 0.3) is 0 Å². The zero-order valence-electron chi connectivity index (χ0n) is 13.1. The van der Waals surface area contributed by atoms with Gasteiger partial charge in [0.05, 0.1) is 6.26 Å². The van der Waals surface area contributed by atoms with E-state index >= 15 is 0 Å².